The van der Waals surface area contributed by atoms with E-state index in [0.29, 0.717) is 12.2 Å². The maximum absolute atomic E-state index is 13.0. The van der Waals surface area contributed by atoms with Crippen molar-refractivity contribution in [3.63, 3.8) is 0 Å². The van der Waals surface area contributed by atoms with Crippen molar-refractivity contribution >= 4 is 31.9 Å². The fourth-order valence-electron chi connectivity index (χ4n) is 2.96. The smallest absolute Gasteiger partial charge is 0.273 e. The molecule has 134 valence electrons. The first-order chi connectivity index (χ1) is 11.7. The monoisotopic (exact) mass is 427 g/mol. The Labute approximate surface area is 154 Å². The molecule has 1 aromatic heterocycles. The van der Waals surface area contributed by atoms with Crippen LogP contribution in [0, 0.1) is 0 Å². The molecule has 1 saturated heterocycles. The van der Waals surface area contributed by atoms with Gasteiger partial charge >= 0.3 is 0 Å². The highest BCUT2D eigenvalue weighted by Gasteiger charge is 2.43. The topological polar surface area (TPSA) is 99.3 Å². The third-order valence-electron chi connectivity index (χ3n) is 4.16. The number of piperazine rings is 1. The number of hydrogen-bond donors (Lipinski definition) is 1. The normalized spacial score (nSPS) is 18.3. The summed E-state index contributed by atoms with van der Waals surface area (Å²) in [7, 11) is -3.65. The van der Waals surface area contributed by atoms with Crippen LogP contribution in [-0.4, -0.2) is 64.1 Å². The molecule has 0 atom stereocenters. The van der Waals surface area contributed by atoms with E-state index in [1.807, 2.05) is 13.8 Å². The first kappa shape index (κ1) is 18.0. The number of sulfonamides is 1. The van der Waals surface area contributed by atoms with E-state index in [-0.39, 0.29) is 23.9 Å². The molecule has 0 aliphatic carbocycles. The van der Waals surface area contributed by atoms with Crippen molar-refractivity contribution in [3.05, 3.63) is 40.6 Å². The van der Waals surface area contributed by atoms with E-state index < -0.39 is 15.6 Å². The Bertz CT molecular complexity index is 865. The minimum atomic E-state index is -3.65. The lowest BCUT2D eigenvalue weighted by Gasteiger charge is -2.45. The first-order valence-electron chi connectivity index (χ1n) is 7.65. The Morgan fingerprint density at radius 3 is 2.48 bits per heavy atom. The summed E-state index contributed by atoms with van der Waals surface area (Å²) in [5.74, 6) is -0.237. The van der Waals surface area contributed by atoms with E-state index in [2.05, 4.69) is 31.3 Å². The Kier molecular flexibility index (Phi) is 4.69. The fraction of sp³-hybridized carbons (Fsp3) is 0.400. The predicted molar refractivity (Wildman–Crippen MR) is 94.4 cm³/mol. The number of aromatic nitrogens is 3. The minimum Gasteiger partial charge on any atom is -0.334 e. The van der Waals surface area contributed by atoms with Gasteiger partial charge in [-0.3, -0.25) is 9.89 Å². The van der Waals surface area contributed by atoms with Crippen LogP contribution in [-0.2, 0) is 10.0 Å². The Hall–Kier alpha value is -1.78. The van der Waals surface area contributed by atoms with Crippen LogP contribution in [0.4, 0.5) is 0 Å². The molecule has 1 amide bonds. The standard InChI is InChI=1S/C15H18BrN5O3S/c1-15(2)10-20(14(22)13-9-17-19-18-13)7-8-21(15)25(23,24)12-5-3-11(16)4-6-12/h3-6,9H,7-8,10H2,1-2H3,(H,17,18,19). The Balaban J connectivity index is 1.83. The number of nitrogens with zero attached hydrogens (tertiary/aromatic N) is 4. The number of carbonyl (C=O) groups excluding carboxylic acids is 1. The van der Waals surface area contributed by atoms with Crippen molar-refractivity contribution in [2.24, 2.45) is 0 Å². The van der Waals surface area contributed by atoms with Crippen molar-refractivity contribution < 1.29 is 13.2 Å². The van der Waals surface area contributed by atoms with Crippen LogP contribution in [0.25, 0.3) is 0 Å². The molecule has 2 aromatic rings. The molecule has 25 heavy (non-hydrogen) atoms. The highest BCUT2D eigenvalue weighted by atomic mass is 79.9. The van der Waals surface area contributed by atoms with Gasteiger partial charge in [-0.05, 0) is 38.1 Å². The van der Waals surface area contributed by atoms with E-state index in [9.17, 15) is 13.2 Å². The summed E-state index contributed by atoms with van der Waals surface area (Å²) in [4.78, 5) is 14.3. The van der Waals surface area contributed by atoms with Crippen LogP contribution in [0.3, 0.4) is 0 Å². The summed E-state index contributed by atoms with van der Waals surface area (Å²) in [5, 5.41) is 9.70. The summed E-state index contributed by atoms with van der Waals surface area (Å²) in [5.41, 5.74) is -0.451. The van der Waals surface area contributed by atoms with Gasteiger partial charge in [0.25, 0.3) is 5.91 Å². The number of halogens is 1. The largest absolute Gasteiger partial charge is 0.334 e. The van der Waals surface area contributed by atoms with E-state index in [1.54, 1.807) is 29.2 Å². The zero-order valence-corrected chi connectivity index (χ0v) is 16.2. The quantitative estimate of drug-likeness (QED) is 0.799. The van der Waals surface area contributed by atoms with Crippen molar-refractivity contribution in [3.8, 4) is 0 Å². The number of rotatable bonds is 3. The van der Waals surface area contributed by atoms with Crippen LogP contribution in [0.2, 0.25) is 0 Å². The molecule has 1 N–H and O–H groups in total. The number of aromatic amines is 1. The lowest BCUT2D eigenvalue weighted by atomic mass is 10.0. The Morgan fingerprint density at radius 2 is 1.92 bits per heavy atom. The van der Waals surface area contributed by atoms with E-state index in [0.717, 1.165) is 4.47 Å². The van der Waals surface area contributed by atoms with Gasteiger partial charge in [0.2, 0.25) is 10.0 Å². The van der Waals surface area contributed by atoms with Gasteiger partial charge in [0.1, 0.15) is 5.69 Å². The lowest BCUT2D eigenvalue weighted by molar-refractivity contribution is 0.0489. The summed E-state index contributed by atoms with van der Waals surface area (Å²) >= 11 is 3.31. The molecule has 0 unspecified atom stereocenters. The number of amides is 1. The first-order valence-corrected chi connectivity index (χ1v) is 9.89. The minimum absolute atomic E-state index is 0.221. The van der Waals surface area contributed by atoms with Crippen LogP contribution in [0.1, 0.15) is 24.3 Å². The summed E-state index contributed by atoms with van der Waals surface area (Å²) < 4.78 is 28.3. The lowest BCUT2D eigenvalue weighted by Crippen LogP contribution is -2.61. The second-order valence-corrected chi connectivity index (χ2v) is 9.22. The van der Waals surface area contributed by atoms with Gasteiger partial charge in [0.15, 0.2) is 0 Å². The number of carbonyl (C=O) groups is 1. The molecule has 1 aliphatic rings. The molecule has 0 spiro atoms. The van der Waals surface area contributed by atoms with Gasteiger partial charge in [0.05, 0.1) is 11.1 Å². The Morgan fingerprint density at radius 1 is 1.24 bits per heavy atom. The molecule has 0 radical (unpaired) electrons. The fourth-order valence-corrected chi connectivity index (χ4v) is 4.99. The van der Waals surface area contributed by atoms with Crippen LogP contribution in [0.15, 0.2) is 39.8 Å². The molecule has 1 fully saturated rings. The molecule has 1 aliphatic heterocycles. The van der Waals surface area contributed by atoms with Crippen molar-refractivity contribution in [2.45, 2.75) is 24.3 Å². The van der Waals surface area contributed by atoms with E-state index in [4.69, 9.17) is 0 Å². The molecule has 10 heteroatoms. The second kappa shape index (κ2) is 6.50. The van der Waals surface area contributed by atoms with Gasteiger partial charge in [0, 0.05) is 29.6 Å². The molecule has 8 nitrogen and oxygen atoms in total. The zero-order chi connectivity index (χ0) is 18.2. The molecule has 2 heterocycles. The van der Waals surface area contributed by atoms with Gasteiger partial charge in [-0.25, -0.2) is 8.42 Å². The molecular formula is C15H18BrN5O3S. The summed E-state index contributed by atoms with van der Waals surface area (Å²) in [6, 6.07) is 6.54. The third kappa shape index (κ3) is 3.46. The predicted octanol–water partition coefficient (Wildman–Crippen LogP) is 1.49. The molecule has 1 aromatic carbocycles. The number of hydrogen-bond acceptors (Lipinski definition) is 5. The van der Waals surface area contributed by atoms with Gasteiger partial charge < -0.3 is 4.90 Å². The van der Waals surface area contributed by atoms with Crippen molar-refractivity contribution in [1.82, 2.24) is 24.6 Å². The van der Waals surface area contributed by atoms with Crippen molar-refractivity contribution in [2.75, 3.05) is 19.6 Å². The van der Waals surface area contributed by atoms with Gasteiger partial charge in [-0.1, -0.05) is 21.1 Å². The highest BCUT2D eigenvalue weighted by molar-refractivity contribution is 9.10. The van der Waals surface area contributed by atoms with Crippen molar-refractivity contribution in [1.29, 1.82) is 0 Å². The summed E-state index contributed by atoms with van der Waals surface area (Å²) in [6.45, 7) is 4.43. The molecule has 0 saturated carbocycles. The highest BCUT2D eigenvalue weighted by Crippen LogP contribution is 2.29. The third-order valence-corrected chi connectivity index (χ3v) is 6.81. The van der Waals surface area contributed by atoms with Crippen LogP contribution < -0.4 is 0 Å². The molecule has 3 rings (SSSR count). The van der Waals surface area contributed by atoms with Crippen LogP contribution >= 0.6 is 15.9 Å². The zero-order valence-electron chi connectivity index (χ0n) is 13.8. The maximum atomic E-state index is 13.0. The van der Waals surface area contributed by atoms with Gasteiger partial charge in [-0.2, -0.15) is 4.31 Å². The average Bonchev–Trinajstić information content (AvgIpc) is 3.07. The van der Waals surface area contributed by atoms with Gasteiger partial charge in [-0.15, -0.1) is 5.10 Å². The summed E-state index contributed by atoms with van der Waals surface area (Å²) in [6.07, 6.45) is 1.36. The number of benzene rings is 1. The average molecular weight is 428 g/mol. The van der Waals surface area contributed by atoms with E-state index in [1.165, 1.54) is 10.5 Å². The maximum Gasteiger partial charge on any atom is 0.273 e. The number of H-pyrrole nitrogens is 1. The van der Waals surface area contributed by atoms with Crippen LogP contribution in [0.5, 0.6) is 0 Å². The second-order valence-electron chi connectivity index (χ2n) is 6.44. The molecular weight excluding hydrogens is 410 g/mol. The number of nitrogens with one attached hydrogen (secondary N) is 1. The molecule has 0 bridgehead atoms. The SMILES string of the molecule is CC1(C)CN(C(=O)c2cnn[nH]2)CCN1S(=O)(=O)c1ccc(Br)cc1. The van der Waals surface area contributed by atoms with E-state index >= 15 is 0 Å².